The summed E-state index contributed by atoms with van der Waals surface area (Å²) < 4.78 is 16.2. The predicted octanol–water partition coefficient (Wildman–Crippen LogP) is 5.79. The predicted molar refractivity (Wildman–Crippen MR) is 146 cm³/mol. The lowest BCUT2D eigenvalue weighted by atomic mass is 9.85. The fourth-order valence-corrected chi connectivity index (χ4v) is 6.35. The summed E-state index contributed by atoms with van der Waals surface area (Å²) in [4.78, 5) is 29.1. The maximum absolute atomic E-state index is 13.9. The molecule has 2 bridgehead atoms. The number of carbonyl (C=O) groups excluding carboxylic acids is 2. The minimum Gasteiger partial charge on any atom is -0.497 e. The number of imide groups is 1. The van der Waals surface area contributed by atoms with Gasteiger partial charge in [0, 0.05) is 16.9 Å². The summed E-state index contributed by atoms with van der Waals surface area (Å²) in [5, 5.41) is 0.432. The molecule has 0 N–H and O–H groups in total. The molecule has 6 rings (SSSR count). The molecule has 0 unspecified atom stereocenters. The van der Waals surface area contributed by atoms with Gasteiger partial charge in [-0.05, 0) is 64.7 Å². The number of amides is 2. The van der Waals surface area contributed by atoms with Crippen molar-refractivity contribution in [3.05, 3.63) is 101 Å². The lowest BCUT2D eigenvalue weighted by Gasteiger charge is -2.23. The van der Waals surface area contributed by atoms with E-state index in [4.69, 9.17) is 25.8 Å². The van der Waals surface area contributed by atoms with Crippen LogP contribution in [-0.2, 0) is 9.59 Å². The summed E-state index contributed by atoms with van der Waals surface area (Å²) >= 11 is 6.24. The average Bonchev–Trinajstić information content (AvgIpc) is 3.58. The van der Waals surface area contributed by atoms with E-state index in [9.17, 15) is 9.59 Å². The molecule has 0 aromatic heterocycles. The van der Waals surface area contributed by atoms with Gasteiger partial charge in [-0.1, -0.05) is 48.0 Å². The Kier molecular flexibility index (Phi) is 6.00. The maximum Gasteiger partial charge on any atom is 0.238 e. The van der Waals surface area contributed by atoms with Gasteiger partial charge in [0.25, 0.3) is 0 Å². The number of benzene rings is 3. The monoisotopic (exact) mass is 527 g/mol. The van der Waals surface area contributed by atoms with E-state index in [1.54, 1.807) is 32.4 Å². The van der Waals surface area contributed by atoms with Crippen molar-refractivity contribution in [3.8, 4) is 17.2 Å². The van der Waals surface area contributed by atoms with Gasteiger partial charge < -0.3 is 14.2 Å². The highest BCUT2D eigenvalue weighted by Crippen LogP contribution is 2.59. The van der Waals surface area contributed by atoms with E-state index in [1.165, 1.54) is 12.0 Å². The smallest absolute Gasteiger partial charge is 0.238 e. The van der Waals surface area contributed by atoms with Crippen LogP contribution in [0.15, 0.2) is 84.5 Å². The van der Waals surface area contributed by atoms with Gasteiger partial charge in [-0.3, -0.25) is 9.59 Å². The van der Waals surface area contributed by atoms with Gasteiger partial charge in [-0.15, -0.1) is 0 Å². The number of anilines is 1. The normalized spacial score (nSPS) is 23.2. The van der Waals surface area contributed by atoms with Crippen molar-refractivity contribution < 1.29 is 23.8 Å². The van der Waals surface area contributed by atoms with Crippen molar-refractivity contribution in [2.75, 3.05) is 26.2 Å². The van der Waals surface area contributed by atoms with E-state index in [0.717, 1.165) is 33.8 Å². The maximum atomic E-state index is 13.9. The molecular weight excluding hydrogens is 502 g/mol. The Bertz CT molecular complexity index is 1410. The third-order valence-electron chi connectivity index (χ3n) is 7.84. The van der Waals surface area contributed by atoms with Crippen LogP contribution in [-0.4, -0.2) is 33.1 Å². The van der Waals surface area contributed by atoms with Crippen molar-refractivity contribution in [2.24, 2.45) is 23.7 Å². The first-order chi connectivity index (χ1) is 18.5. The van der Waals surface area contributed by atoms with E-state index in [1.807, 2.05) is 48.5 Å². The number of hydrogen-bond acceptors (Lipinski definition) is 5. The molecule has 4 atom stereocenters. The van der Waals surface area contributed by atoms with Gasteiger partial charge in [0.2, 0.25) is 11.8 Å². The summed E-state index contributed by atoms with van der Waals surface area (Å²) in [7, 11) is 4.79. The summed E-state index contributed by atoms with van der Waals surface area (Å²) in [6.07, 6.45) is 4.16. The molecule has 2 amide bonds. The summed E-state index contributed by atoms with van der Waals surface area (Å²) in [6.45, 7) is 0. The van der Waals surface area contributed by atoms with Crippen molar-refractivity contribution in [3.63, 3.8) is 0 Å². The zero-order valence-corrected chi connectivity index (χ0v) is 21.9. The number of rotatable bonds is 6. The Hall–Kier alpha value is -4.03. The molecule has 3 aliphatic rings. The number of methoxy groups -OCH3 is 3. The van der Waals surface area contributed by atoms with E-state index in [2.05, 4.69) is 12.2 Å². The third kappa shape index (κ3) is 3.63. The highest BCUT2D eigenvalue weighted by molar-refractivity contribution is 6.31. The number of hydrogen-bond donors (Lipinski definition) is 0. The standard InChI is InChI=1S/C31H26ClNO5/c1-36-20-9-4-17(5-10-20)26(18-6-11-21(37-2)12-7-18)27-22-13-14-23(27)29-28(22)30(34)33(31(29)35)24-16-19(32)8-15-25(24)38-3/h4-16,22-23,28-29H,1-3H3/t22-,23-,28-,29-/m1/s1. The first-order valence-electron chi connectivity index (χ1n) is 12.4. The molecule has 192 valence electrons. The first-order valence-corrected chi connectivity index (χ1v) is 12.8. The summed E-state index contributed by atoms with van der Waals surface area (Å²) in [5.41, 5.74) is 4.50. The van der Waals surface area contributed by atoms with Gasteiger partial charge in [-0.2, -0.15) is 0 Å². The highest BCUT2D eigenvalue weighted by atomic mass is 35.5. The summed E-state index contributed by atoms with van der Waals surface area (Å²) in [5.74, 6) is 0.140. The second-order valence-corrected chi connectivity index (χ2v) is 10.0. The molecule has 7 heteroatoms. The van der Waals surface area contributed by atoms with Crippen molar-refractivity contribution in [1.82, 2.24) is 0 Å². The molecule has 38 heavy (non-hydrogen) atoms. The first kappa shape index (κ1) is 24.3. The molecule has 1 saturated heterocycles. The number of halogens is 1. The van der Waals surface area contributed by atoms with Crippen molar-refractivity contribution in [2.45, 2.75) is 0 Å². The Morgan fingerprint density at radius 2 is 1.21 bits per heavy atom. The molecule has 2 fully saturated rings. The van der Waals surface area contributed by atoms with Crippen LogP contribution < -0.4 is 19.1 Å². The Balaban J connectivity index is 1.48. The van der Waals surface area contributed by atoms with E-state index < -0.39 is 11.8 Å². The van der Waals surface area contributed by atoms with Crippen LogP contribution in [0.5, 0.6) is 17.2 Å². The molecule has 1 heterocycles. The molecule has 0 spiro atoms. The SMILES string of the molecule is COc1ccc(C(=C2[C@H]3C=C[C@H]2[C@H]2C(=O)N(c4cc(Cl)ccc4OC)C(=O)[C@@H]23)c2ccc(OC)cc2)cc1. The van der Waals surface area contributed by atoms with Crippen LogP contribution >= 0.6 is 11.6 Å². The van der Waals surface area contributed by atoms with Gasteiger partial charge in [0.05, 0.1) is 38.9 Å². The highest BCUT2D eigenvalue weighted by Gasteiger charge is 2.62. The fourth-order valence-electron chi connectivity index (χ4n) is 6.19. The van der Waals surface area contributed by atoms with E-state index in [0.29, 0.717) is 16.5 Å². The topological polar surface area (TPSA) is 65.1 Å². The molecule has 3 aromatic carbocycles. The second kappa shape index (κ2) is 9.37. The molecule has 2 aliphatic carbocycles. The average molecular weight is 528 g/mol. The van der Waals surface area contributed by atoms with E-state index >= 15 is 0 Å². The van der Waals surface area contributed by atoms with E-state index in [-0.39, 0.29) is 23.7 Å². The number of nitrogens with zero attached hydrogens (tertiary/aromatic N) is 1. The van der Waals surface area contributed by atoms with Gasteiger partial charge in [-0.25, -0.2) is 4.90 Å². The van der Waals surface area contributed by atoms with Crippen molar-refractivity contribution in [1.29, 1.82) is 0 Å². The van der Waals surface area contributed by atoms with Crippen LogP contribution in [0.1, 0.15) is 11.1 Å². The lowest BCUT2D eigenvalue weighted by Crippen LogP contribution is -2.33. The molecule has 1 saturated carbocycles. The van der Waals surface area contributed by atoms with Crippen LogP contribution in [0.4, 0.5) is 5.69 Å². The van der Waals surface area contributed by atoms with Crippen LogP contribution in [0, 0.1) is 23.7 Å². The van der Waals surface area contributed by atoms with Crippen LogP contribution in [0.3, 0.4) is 0 Å². The van der Waals surface area contributed by atoms with Crippen molar-refractivity contribution >= 4 is 34.7 Å². The molecule has 6 nitrogen and oxygen atoms in total. The van der Waals surface area contributed by atoms with Gasteiger partial charge >= 0.3 is 0 Å². The quantitative estimate of drug-likeness (QED) is 0.300. The minimum absolute atomic E-state index is 0.198. The zero-order chi connectivity index (χ0) is 26.6. The number of fused-ring (bicyclic) bond motifs is 5. The zero-order valence-electron chi connectivity index (χ0n) is 21.2. The Morgan fingerprint density at radius 3 is 1.66 bits per heavy atom. The number of allylic oxidation sites excluding steroid dienone is 3. The Labute approximate surface area is 226 Å². The molecular formula is C31H26ClNO5. The largest absolute Gasteiger partial charge is 0.497 e. The second-order valence-electron chi connectivity index (χ2n) is 9.60. The molecule has 0 radical (unpaired) electrons. The Morgan fingerprint density at radius 1 is 0.711 bits per heavy atom. The third-order valence-corrected chi connectivity index (χ3v) is 8.08. The summed E-state index contributed by atoms with van der Waals surface area (Å²) in [6, 6.07) is 20.7. The van der Waals surface area contributed by atoms with Crippen LogP contribution in [0.25, 0.3) is 5.57 Å². The van der Waals surface area contributed by atoms with Gasteiger partial charge in [0.1, 0.15) is 17.2 Å². The molecule has 3 aromatic rings. The van der Waals surface area contributed by atoms with Gasteiger partial charge in [0.15, 0.2) is 0 Å². The number of ether oxygens (including phenoxy) is 3. The minimum atomic E-state index is -0.484. The fraction of sp³-hybridized carbons (Fsp3) is 0.226. The number of carbonyl (C=O) groups is 2. The molecule has 1 aliphatic heterocycles. The van der Waals surface area contributed by atoms with Crippen LogP contribution in [0.2, 0.25) is 5.02 Å². The lowest BCUT2D eigenvalue weighted by molar-refractivity contribution is -0.123.